The number of fused-ring (bicyclic) bond motifs is 1. The molecule has 1 aromatic heterocycles. The second-order valence-electron chi connectivity index (χ2n) is 5.29. The van der Waals surface area contributed by atoms with Crippen molar-refractivity contribution in [2.45, 2.75) is 6.42 Å². The lowest BCUT2D eigenvalue weighted by Gasteiger charge is -2.07. The minimum Gasteiger partial charge on any atom is -0.348 e. The molecule has 3 rings (SSSR count). The second kappa shape index (κ2) is 6.35. The molecule has 22 heavy (non-hydrogen) atoms. The topological polar surface area (TPSA) is 46.1 Å². The van der Waals surface area contributed by atoms with E-state index in [1.165, 1.54) is 5.56 Å². The van der Waals surface area contributed by atoms with Crippen LogP contribution < -0.4 is 10.6 Å². The van der Waals surface area contributed by atoms with E-state index >= 15 is 0 Å². The average Bonchev–Trinajstić information content (AvgIpc) is 2.85. The highest BCUT2D eigenvalue weighted by Crippen LogP contribution is 2.24. The molecule has 0 aliphatic heterocycles. The Morgan fingerprint density at radius 1 is 1.05 bits per heavy atom. The Kier molecular flexibility index (Phi) is 4.10. The van der Waals surface area contributed by atoms with Crippen LogP contribution in [0.1, 0.15) is 5.56 Å². The zero-order valence-corrected chi connectivity index (χ0v) is 12.5. The Labute approximate surface area is 129 Å². The quantitative estimate of drug-likeness (QED) is 0.759. The number of para-hydroxylation sites is 1. The summed E-state index contributed by atoms with van der Waals surface area (Å²) >= 11 is 0. The summed E-state index contributed by atoms with van der Waals surface area (Å²) < 4.78 is 2.01. The van der Waals surface area contributed by atoms with E-state index in [2.05, 4.69) is 22.8 Å². The van der Waals surface area contributed by atoms with E-state index in [4.69, 9.17) is 0 Å². The van der Waals surface area contributed by atoms with E-state index in [1.807, 2.05) is 60.3 Å². The van der Waals surface area contributed by atoms with Crippen LogP contribution in [0.25, 0.3) is 10.9 Å². The molecule has 0 atom stereocenters. The van der Waals surface area contributed by atoms with Crippen molar-refractivity contribution in [3.8, 4) is 0 Å². The third kappa shape index (κ3) is 3.11. The number of aryl methyl sites for hydroxylation is 1. The summed E-state index contributed by atoms with van der Waals surface area (Å²) in [4.78, 5) is 12.0. The smallest absolute Gasteiger partial charge is 0.319 e. The minimum atomic E-state index is -0.174. The fraction of sp³-hybridized carbons (Fsp3) is 0.167. The Morgan fingerprint density at radius 3 is 2.59 bits per heavy atom. The zero-order valence-electron chi connectivity index (χ0n) is 12.5. The number of urea groups is 1. The normalized spacial score (nSPS) is 10.6. The number of carbonyl (C=O) groups excluding carboxylic acids is 1. The van der Waals surface area contributed by atoms with Gasteiger partial charge in [-0.05, 0) is 18.1 Å². The summed E-state index contributed by atoms with van der Waals surface area (Å²) in [5.74, 6) is 0. The van der Waals surface area contributed by atoms with E-state index in [1.54, 1.807) is 0 Å². The lowest BCUT2D eigenvalue weighted by Crippen LogP contribution is -2.30. The molecule has 3 aromatic rings. The summed E-state index contributed by atoms with van der Waals surface area (Å²) in [5, 5.41) is 6.86. The number of hydrogen-bond donors (Lipinski definition) is 2. The molecule has 2 N–H and O–H groups in total. The van der Waals surface area contributed by atoms with Gasteiger partial charge in [0.15, 0.2) is 0 Å². The molecule has 0 aliphatic rings. The molecule has 0 radical (unpaired) electrons. The SMILES string of the molecule is Cn1cc(NC(=O)NCCc2ccccc2)c2ccccc21. The number of aromatic nitrogens is 1. The van der Waals surface area contributed by atoms with E-state index < -0.39 is 0 Å². The van der Waals surface area contributed by atoms with Gasteiger partial charge in [0, 0.05) is 30.7 Å². The van der Waals surface area contributed by atoms with Crippen LogP contribution >= 0.6 is 0 Å². The molecule has 1 heterocycles. The van der Waals surface area contributed by atoms with Gasteiger partial charge in [-0.25, -0.2) is 4.79 Å². The Morgan fingerprint density at radius 2 is 1.77 bits per heavy atom. The third-order valence-electron chi connectivity index (χ3n) is 3.69. The summed E-state index contributed by atoms with van der Waals surface area (Å²) in [5.41, 5.74) is 3.14. The number of nitrogens with zero attached hydrogens (tertiary/aromatic N) is 1. The Balaban J connectivity index is 1.59. The van der Waals surface area contributed by atoms with Crippen LogP contribution in [0.15, 0.2) is 60.8 Å². The maximum Gasteiger partial charge on any atom is 0.319 e. The van der Waals surface area contributed by atoms with E-state index in [9.17, 15) is 4.79 Å². The average molecular weight is 293 g/mol. The van der Waals surface area contributed by atoms with Crippen LogP contribution in [-0.2, 0) is 13.5 Å². The molecular weight excluding hydrogens is 274 g/mol. The van der Waals surface area contributed by atoms with Gasteiger partial charge in [0.1, 0.15) is 0 Å². The highest BCUT2D eigenvalue weighted by atomic mass is 16.2. The fourth-order valence-corrected chi connectivity index (χ4v) is 2.57. The second-order valence-corrected chi connectivity index (χ2v) is 5.29. The van der Waals surface area contributed by atoms with Crippen LogP contribution in [0.2, 0.25) is 0 Å². The molecule has 0 saturated carbocycles. The molecule has 0 aliphatic carbocycles. The van der Waals surface area contributed by atoms with Crippen LogP contribution in [0.3, 0.4) is 0 Å². The largest absolute Gasteiger partial charge is 0.348 e. The summed E-state index contributed by atoms with van der Waals surface area (Å²) in [7, 11) is 1.97. The van der Waals surface area contributed by atoms with Gasteiger partial charge in [0.2, 0.25) is 0 Å². The molecule has 0 fully saturated rings. The first-order chi connectivity index (χ1) is 10.7. The molecule has 0 saturated heterocycles. The standard InChI is InChI=1S/C18H19N3O/c1-21-13-16(15-9-5-6-10-17(15)21)20-18(22)19-12-11-14-7-3-2-4-8-14/h2-10,13H,11-12H2,1H3,(H2,19,20,22). The molecule has 2 aromatic carbocycles. The van der Waals surface area contributed by atoms with Crippen molar-refractivity contribution in [2.75, 3.05) is 11.9 Å². The van der Waals surface area contributed by atoms with Gasteiger partial charge < -0.3 is 15.2 Å². The van der Waals surface area contributed by atoms with Crippen molar-refractivity contribution in [2.24, 2.45) is 7.05 Å². The molecule has 0 spiro atoms. The van der Waals surface area contributed by atoms with Crippen LogP contribution in [0.5, 0.6) is 0 Å². The van der Waals surface area contributed by atoms with Crippen molar-refractivity contribution in [3.05, 3.63) is 66.4 Å². The van der Waals surface area contributed by atoms with Gasteiger partial charge in [0.05, 0.1) is 5.69 Å². The summed E-state index contributed by atoms with van der Waals surface area (Å²) in [6, 6.07) is 18.0. The lowest BCUT2D eigenvalue weighted by molar-refractivity contribution is 0.252. The van der Waals surface area contributed by atoms with Gasteiger partial charge in [0.25, 0.3) is 0 Å². The number of amides is 2. The predicted molar refractivity (Wildman–Crippen MR) is 90.1 cm³/mol. The monoisotopic (exact) mass is 293 g/mol. The minimum absolute atomic E-state index is 0.174. The van der Waals surface area contributed by atoms with Gasteiger partial charge >= 0.3 is 6.03 Å². The highest BCUT2D eigenvalue weighted by Gasteiger charge is 2.08. The van der Waals surface area contributed by atoms with Crippen molar-refractivity contribution < 1.29 is 4.79 Å². The van der Waals surface area contributed by atoms with Gasteiger partial charge in [-0.15, -0.1) is 0 Å². The van der Waals surface area contributed by atoms with E-state index in [0.29, 0.717) is 6.54 Å². The maximum atomic E-state index is 12.0. The number of rotatable bonds is 4. The fourth-order valence-electron chi connectivity index (χ4n) is 2.57. The molecule has 2 amide bonds. The molecule has 112 valence electrons. The number of benzene rings is 2. The van der Waals surface area contributed by atoms with Gasteiger partial charge in [-0.2, -0.15) is 0 Å². The van der Waals surface area contributed by atoms with Gasteiger partial charge in [-0.3, -0.25) is 0 Å². The number of carbonyl (C=O) groups is 1. The Bertz CT molecular complexity index is 777. The van der Waals surface area contributed by atoms with Crippen molar-refractivity contribution >= 4 is 22.6 Å². The van der Waals surface area contributed by atoms with Crippen molar-refractivity contribution in [1.29, 1.82) is 0 Å². The van der Waals surface area contributed by atoms with Crippen molar-refractivity contribution in [1.82, 2.24) is 9.88 Å². The first kappa shape index (κ1) is 14.2. The molecule has 0 bridgehead atoms. The first-order valence-corrected chi connectivity index (χ1v) is 7.37. The van der Waals surface area contributed by atoms with Crippen LogP contribution in [0, 0.1) is 0 Å². The van der Waals surface area contributed by atoms with Crippen LogP contribution in [-0.4, -0.2) is 17.1 Å². The molecule has 4 nitrogen and oxygen atoms in total. The molecular formula is C18H19N3O. The lowest BCUT2D eigenvalue weighted by atomic mass is 10.1. The third-order valence-corrected chi connectivity index (χ3v) is 3.69. The van der Waals surface area contributed by atoms with Gasteiger partial charge in [-0.1, -0.05) is 48.5 Å². The van der Waals surface area contributed by atoms with Crippen LogP contribution in [0.4, 0.5) is 10.5 Å². The Hall–Kier alpha value is -2.75. The predicted octanol–water partition coefficient (Wildman–Crippen LogP) is 3.54. The zero-order chi connectivity index (χ0) is 15.4. The number of nitrogens with one attached hydrogen (secondary N) is 2. The van der Waals surface area contributed by atoms with E-state index in [0.717, 1.165) is 23.0 Å². The summed E-state index contributed by atoms with van der Waals surface area (Å²) in [6.45, 7) is 0.612. The maximum absolute atomic E-state index is 12.0. The highest BCUT2D eigenvalue weighted by molar-refractivity contribution is 6.01. The number of anilines is 1. The number of hydrogen-bond acceptors (Lipinski definition) is 1. The molecule has 0 unspecified atom stereocenters. The molecule has 4 heteroatoms. The summed E-state index contributed by atoms with van der Waals surface area (Å²) in [6.07, 6.45) is 2.76. The van der Waals surface area contributed by atoms with E-state index in [-0.39, 0.29) is 6.03 Å². The van der Waals surface area contributed by atoms with Crippen molar-refractivity contribution in [3.63, 3.8) is 0 Å². The first-order valence-electron chi connectivity index (χ1n) is 7.37.